The van der Waals surface area contributed by atoms with Crippen molar-refractivity contribution in [2.45, 2.75) is 33.7 Å². The fourth-order valence-electron chi connectivity index (χ4n) is 2.22. The van der Waals surface area contributed by atoms with Crippen molar-refractivity contribution in [2.24, 2.45) is 5.92 Å². The van der Waals surface area contributed by atoms with E-state index in [1.54, 1.807) is 31.2 Å². The summed E-state index contributed by atoms with van der Waals surface area (Å²) in [5.74, 6) is -0.644. The Kier molecular flexibility index (Phi) is 5.10. The molecule has 2 rings (SSSR count). The van der Waals surface area contributed by atoms with Gasteiger partial charge >= 0.3 is 0 Å². The molecule has 2 aromatic rings. The first-order valence-electron chi connectivity index (χ1n) is 7.53. The van der Waals surface area contributed by atoms with Crippen LogP contribution in [0, 0.1) is 5.92 Å². The van der Waals surface area contributed by atoms with E-state index in [2.05, 4.69) is 16.0 Å². The average Bonchev–Trinajstić information content (AvgIpc) is 2.52. The maximum absolute atomic E-state index is 12.3. The van der Waals surface area contributed by atoms with Crippen molar-refractivity contribution < 1.29 is 9.59 Å². The molecule has 1 heterocycles. The quantitative estimate of drug-likeness (QED) is 0.830. The second-order valence-electron chi connectivity index (χ2n) is 5.62. The molecule has 0 aliphatic heterocycles. The minimum absolute atomic E-state index is 0.104. The Morgan fingerprint density at radius 3 is 2.43 bits per heavy atom. The molecule has 0 unspecified atom stereocenters. The zero-order valence-electron chi connectivity index (χ0n) is 13.4. The SMILES string of the molecule is CCn1nc(C(=O)NNC(=O)CC(C)C)c2ccccc2c1=O. The van der Waals surface area contributed by atoms with Crippen molar-refractivity contribution in [3.05, 3.63) is 40.3 Å². The molecule has 2 amide bonds. The lowest BCUT2D eigenvalue weighted by molar-refractivity contribution is -0.122. The number of rotatable bonds is 4. The lowest BCUT2D eigenvalue weighted by Crippen LogP contribution is -2.43. The van der Waals surface area contributed by atoms with Gasteiger partial charge in [0.1, 0.15) is 0 Å². The van der Waals surface area contributed by atoms with E-state index in [0.29, 0.717) is 23.7 Å². The minimum atomic E-state index is -0.555. The van der Waals surface area contributed by atoms with Crippen molar-refractivity contribution in [1.82, 2.24) is 20.6 Å². The lowest BCUT2D eigenvalue weighted by atomic mass is 10.1. The third-order valence-corrected chi connectivity index (χ3v) is 3.29. The first-order chi connectivity index (χ1) is 10.9. The number of carbonyl (C=O) groups excluding carboxylic acids is 2. The van der Waals surface area contributed by atoms with Crippen LogP contribution < -0.4 is 16.4 Å². The van der Waals surface area contributed by atoms with Crippen LogP contribution >= 0.6 is 0 Å². The first-order valence-corrected chi connectivity index (χ1v) is 7.53. The van der Waals surface area contributed by atoms with E-state index in [1.165, 1.54) is 4.68 Å². The number of carbonyl (C=O) groups is 2. The second kappa shape index (κ2) is 7.04. The van der Waals surface area contributed by atoms with Crippen LogP contribution in [0.25, 0.3) is 10.8 Å². The fourth-order valence-corrected chi connectivity index (χ4v) is 2.22. The van der Waals surface area contributed by atoms with Crippen LogP contribution in [-0.2, 0) is 11.3 Å². The summed E-state index contributed by atoms with van der Waals surface area (Å²) < 4.78 is 1.23. The van der Waals surface area contributed by atoms with Crippen LogP contribution in [0.1, 0.15) is 37.7 Å². The van der Waals surface area contributed by atoms with Crippen LogP contribution in [0.4, 0.5) is 0 Å². The Hall–Kier alpha value is -2.70. The van der Waals surface area contributed by atoms with Gasteiger partial charge in [0.05, 0.1) is 5.39 Å². The molecular weight excluding hydrogens is 296 g/mol. The summed E-state index contributed by atoms with van der Waals surface area (Å²) in [6.45, 7) is 5.94. The summed E-state index contributed by atoms with van der Waals surface area (Å²) in [4.78, 5) is 36.2. The predicted molar refractivity (Wildman–Crippen MR) is 86.7 cm³/mol. The molecule has 1 aromatic heterocycles. The molecule has 0 fully saturated rings. The van der Waals surface area contributed by atoms with Crippen molar-refractivity contribution >= 4 is 22.6 Å². The van der Waals surface area contributed by atoms with Gasteiger partial charge in [0.25, 0.3) is 11.5 Å². The third kappa shape index (κ3) is 3.74. The molecule has 7 heteroatoms. The highest BCUT2D eigenvalue weighted by Crippen LogP contribution is 2.13. The van der Waals surface area contributed by atoms with E-state index in [9.17, 15) is 14.4 Å². The normalized spacial score (nSPS) is 10.8. The molecule has 0 bridgehead atoms. The standard InChI is InChI=1S/C16H20N4O3/c1-4-20-16(23)12-8-6-5-7-11(12)14(19-20)15(22)18-17-13(21)9-10(2)3/h5-8,10H,4,9H2,1-3H3,(H,17,21)(H,18,22). The topological polar surface area (TPSA) is 93.1 Å². The molecule has 122 valence electrons. The number of aryl methyl sites for hydroxylation is 1. The molecule has 0 radical (unpaired) electrons. The number of amides is 2. The third-order valence-electron chi connectivity index (χ3n) is 3.29. The van der Waals surface area contributed by atoms with Gasteiger partial charge in [0.15, 0.2) is 5.69 Å². The molecule has 0 atom stereocenters. The zero-order chi connectivity index (χ0) is 17.0. The summed E-state index contributed by atoms with van der Waals surface area (Å²) in [6, 6.07) is 6.78. The van der Waals surface area contributed by atoms with Gasteiger partial charge in [-0.2, -0.15) is 5.10 Å². The number of nitrogens with one attached hydrogen (secondary N) is 2. The zero-order valence-corrected chi connectivity index (χ0v) is 13.4. The van der Waals surface area contributed by atoms with Crippen LogP contribution in [0.15, 0.2) is 29.1 Å². The molecule has 0 spiro atoms. The van der Waals surface area contributed by atoms with Crippen LogP contribution in [0.3, 0.4) is 0 Å². The van der Waals surface area contributed by atoms with E-state index >= 15 is 0 Å². The molecule has 23 heavy (non-hydrogen) atoms. The van der Waals surface area contributed by atoms with Gasteiger partial charge in [0, 0.05) is 18.4 Å². The fraction of sp³-hybridized carbons (Fsp3) is 0.375. The molecule has 0 aliphatic carbocycles. The van der Waals surface area contributed by atoms with E-state index in [0.717, 1.165) is 0 Å². The van der Waals surface area contributed by atoms with Crippen LogP contribution in [-0.4, -0.2) is 21.6 Å². The summed E-state index contributed by atoms with van der Waals surface area (Å²) in [6.07, 6.45) is 0.308. The summed E-state index contributed by atoms with van der Waals surface area (Å²) in [5, 5.41) is 4.97. The number of benzene rings is 1. The number of aromatic nitrogens is 2. The predicted octanol–water partition coefficient (Wildman–Crippen LogP) is 1.22. The Morgan fingerprint density at radius 1 is 1.17 bits per heavy atom. The molecule has 0 aliphatic rings. The van der Waals surface area contributed by atoms with E-state index in [1.807, 2.05) is 13.8 Å². The van der Waals surface area contributed by atoms with E-state index < -0.39 is 5.91 Å². The van der Waals surface area contributed by atoms with Crippen molar-refractivity contribution in [3.8, 4) is 0 Å². The molecular formula is C16H20N4O3. The number of hydrogen-bond donors (Lipinski definition) is 2. The summed E-state index contributed by atoms with van der Waals surface area (Å²) in [7, 11) is 0. The first kappa shape index (κ1) is 16.7. The summed E-state index contributed by atoms with van der Waals surface area (Å²) >= 11 is 0. The monoisotopic (exact) mass is 316 g/mol. The van der Waals surface area contributed by atoms with Crippen molar-refractivity contribution in [2.75, 3.05) is 0 Å². The van der Waals surface area contributed by atoms with Gasteiger partial charge in [-0.25, -0.2) is 4.68 Å². The summed E-state index contributed by atoms with van der Waals surface area (Å²) in [5.41, 5.74) is 4.57. The Labute approximate surface area is 133 Å². The van der Waals surface area contributed by atoms with E-state index in [4.69, 9.17) is 0 Å². The number of fused-ring (bicyclic) bond motifs is 1. The number of nitrogens with zero attached hydrogens (tertiary/aromatic N) is 2. The Bertz CT molecular complexity index is 796. The molecule has 1 aromatic carbocycles. The Morgan fingerprint density at radius 2 is 1.83 bits per heavy atom. The van der Waals surface area contributed by atoms with Crippen molar-refractivity contribution in [3.63, 3.8) is 0 Å². The average molecular weight is 316 g/mol. The maximum Gasteiger partial charge on any atom is 0.290 e. The van der Waals surface area contributed by atoms with Gasteiger partial charge in [0.2, 0.25) is 5.91 Å². The van der Waals surface area contributed by atoms with Gasteiger partial charge in [-0.05, 0) is 18.9 Å². The van der Waals surface area contributed by atoms with Crippen LogP contribution in [0.2, 0.25) is 0 Å². The molecule has 0 saturated carbocycles. The van der Waals surface area contributed by atoms with Gasteiger partial charge in [-0.3, -0.25) is 25.2 Å². The highest BCUT2D eigenvalue weighted by Gasteiger charge is 2.16. The van der Waals surface area contributed by atoms with Crippen LogP contribution in [0.5, 0.6) is 0 Å². The number of hydrogen-bond acceptors (Lipinski definition) is 4. The molecule has 2 N–H and O–H groups in total. The Balaban J connectivity index is 2.32. The van der Waals surface area contributed by atoms with Gasteiger partial charge in [-0.15, -0.1) is 0 Å². The van der Waals surface area contributed by atoms with Gasteiger partial charge < -0.3 is 0 Å². The second-order valence-corrected chi connectivity index (χ2v) is 5.62. The number of hydrazine groups is 1. The van der Waals surface area contributed by atoms with Crippen molar-refractivity contribution in [1.29, 1.82) is 0 Å². The highest BCUT2D eigenvalue weighted by molar-refractivity contribution is 6.05. The van der Waals surface area contributed by atoms with Gasteiger partial charge in [-0.1, -0.05) is 32.0 Å². The molecule has 0 saturated heterocycles. The highest BCUT2D eigenvalue weighted by atomic mass is 16.2. The lowest BCUT2D eigenvalue weighted by Gasteiger charge is -2.11. The van der Waals surface area contributed by atoms with E-state index in [-0.39, 0.29) is 23.1 Å². The molecule has 7 nitrogen and oxygen atoms in total. The smallest absolute Gasteiger partial charge is 0.273 e. The minimum Gasteiger partial charge on any atom is -0.273 e. The largest absolute Gasteiger partial charge is 0.290 e. The maximum atomic E-state index is 12.3.